The van der Waals surface area contributed by atoms with Gasteiger partial charge in [-0.2, -0.15) is 0 Å². The second-order valence-corrected chi connectivity index (χ2v) is 5.66. The summed E-state index contributed by atoms with van der Waals surface area (Å²) in [6.45, 7) is 0.241. The summed E-state index contributed by atoms with van der Waals surface area (Å²) in [6.07, 6.45) is 2.85. The molecule has 3 aromatic rings. The van der Waals surface area contributed by atoms with Crippen LogP contribution >= 0.6 is 15.9 Å². The monoisotopic (exact) mass is 372 g/mol. The molecule has 0 atom stereocenters. The number of furan rings is 1. The van der Waals surface area contributed by atoms with E-state index in [1.54, 1.807) is 0 Å². The fourth-order valence-electron chi connectivity index (χ4n) is 2.02. The highest BCUT2D eigenvalue weighted by molar-refractivity contribution is 9.10. The first kappa shape index (κ1) is 15.2. The van der Waals surface area contributed by atoms with Gasteiger partial charge in [0.2, 0.25) is 0 Å². The fourth-order valence-corrected chi connectivity index (χ4v) is 2.28. The quantitative estimate of drug-likeness (QED) is 0.733. The van der Waals surface area contributed by atoms with Crippen LogP contribution in [0.2, 0.25) is 0 Å². The van der Waals surface area contributed by atoms with Crippen molar-refractivity contribution >= 4 is 27.7 Å². The van der Waals surface area contributed by atoms with Gasteiger partial charge in [0.1, 0.15) is 11.5 Å². The molecule has 2 aromatic heterocycles. The van der Waals surface area contributed by atoms with Crippen LogP contribution in [-0.2, 0) is 6.54 Å². The molecule has 1 aromatic carbocycles. The minimum atomic E-state index is -0.391. The highest BCUT2D eigenvalue weighted by Crippen LogP contribution is 2.24. The van der Waals surface area contributed by atoms with E-state index in [0.29, 0.717) is 5.76 Å². The molecule has 3 N–H and O–H groups in total. The van der Waals surface area contributed by atoms with Crippen LogP contribution in [0.25, 0.3) is 11.3 Å². The maximum absolute atomic E-state index is 12.0. The summed E-state index contributed by atoms with van der Waals surface area (Å²) in [5, 5.41) is 2.71. The highest BCUT2D eigenvalue weighted by atomic mass is 79.9. The third-order valence-corrected chi connectivity index (χ3v) is 3.68. The van der Waals surface area contributed by atoms with Crippen molar-refractivity contribution in [3.63, 3.8) is 0 Å². The number of rotatable bonds is 4. The van der Waals surface area contributed by atoms with E-state index in [-0.39, 0.29) is 18.1 Å². The molecule has 116 valence electrons. The zero-order chi connectivity index (χ0) is 16.2. The second-order valence-electron chi connectivity index (χ2n) is 4.75. The number of anilines is 1. The third-order valence-electron chi connectivity index (χ3n) is 3.16. The van der Waals surface area contributed by atoms with Gasteiger partial charge < -0.3 is 15.5 Å². The Bertz CT molecular complexity index is 830. The Kier molecular flexibility index (Phi) is 4.38. The molecule has 23 heavy (non-hydrogen) atoms. The lowest BCUT2D eigenvalue weighted by atomic mass is 10.2. The molecule has 0 aliphatic carbocycles. The molecular weight excluding hydrogens is 360 g/mol. The topological polar surface area (TPSA) is 94.0 Å². The van der Waals surface area contributed by atoms with Crippen LogP contribution in [0.15, 0.2) is 57.7 Å². The fraction of sp³-hybridized carbons (Fsp3) is 0.0625. The van der Waals surface area contributed by atoms with Crippen molar-refractivity contribution in [3.05, 3.63) is 64.7 Å². The molecular formula is C16H13BrN4O2. The normalized spacial score (nSPS) is 10.5. The van der Waals surface area contributed by atoms with E-state index in [4.69, 9.17) is 10.2 Å². The van der Waals surface area contributed by atoms with E-state index in [0.717, 1.165) is 15.8 Å². The SMILES string of the molecule is Nc1nccnc1C(=O)NCc1ccc(-c2ccc(Br)cc2)o1. The molecule has 0 aliphatic rings. The van der Waals surface area contributed by atoms with Crippen LogP contribution in [0.3, 0.4) is 0 Å². The van der Waals surface area contributed by atoms with Crippen molar-refractivity contribution in [2.45, 2.75) is 6.54 Å². The van der Waals surface area contributed by atoms with Gasteiger partial charge in [-0.3, -0.25) is 4.79 Å². The Morgan fingerprint density at radius 3 is 2.61 bits per heavy atom. The first-order valence-electron chi connectivity index (χ1n) is 6.83. The average molecular weight is 373 g/mol. The largest absolute Gasteiger partial charge is 0.459 e. The number of benzene rings is 1. The lowest BCUT2D eigenvalue weighted by molar-refractivity contribution is 0.0944. The molecule has 0 spiro atoms. The zero-order valence-corrected chi connectivity index (χ0v) is 13.6. The molecule has 6 nitrogen and oxygen atoms in total. The molecule has 0 aliphatic heterocycles. The summed E-state index contributed by atoms with van der Waals surface area (Å²) in [5.74, 6) is 1.08. The number of hydrogen-bond donors (Lipinski definition) is 2. The van der Waals surface area contributed by atoms with E-state index >= 15 is 0 Å². The Balaban J connectivity index is 1.67. The van der Waals surface area contributed by atoms with Gasteiger partial charge in [-0.15, -0.1) is 0 Å². The van der Waals surface area contributed by atoms with Crippen molar-refractivity contribution in [3.8, 4) is 11.3 Å². The lowest BCUT2D eigenvalue weighted by Crippen LogP contribution is -2.25. The molecule has 0 bridgehead atoms. The summed E-state index contributed by atoms with van der Waals surface area (Å²) >= 11 is 3.39. The molecule has 2 heterocycles. The van der Waals surface area contributed by atoms with E-state index in [2.05, 4.69) is 31.2 Å². The van der Waals surface area contributed by atoms with Gasteiger partial charge in [-0.1, -0.05) is 28.1 Å². The molecule has 7 heteroatoms. The van der Waals surface area contributed by atoms with Crippen LogP contribution < -0.4 is 11.1 Å². The Morgan fingerprint density at radius 1 is 1.13 bits per heavy atom. The summed E-state index contributed by atoms with van der Waals surface area (Å²) in [6, 6.07) is 11.5. The highest BCUT2D eigenvalue weighted by Gasteiger charge is 2.12. The first-order chi connectivity index (χ1) is 11.1. The van der Waals surface area contributed by atoms with Gasteiger partial charge in [-0.25, -0.2) is 9.97 Å². The average Bonchev–Trinajstić information content (AvgIpc) is 3.03. The smallest absolute Gasteiger partial charge is 0.274 e. The molecule has 0 radical (unpaired) electrons. The predicted octanol–water partition coefficient (Wildman–Crippen LogP) is 3.01. The first-order valence-corrected chi connectivity index (χ1v) is 7.62. The van der Waals surface area contributed by atoms with E-state index in [9.17, 15) is 4.79 Å². The van der Waals surface area contributed by atoms with Crippen LogP contribution in [0.4, 0.5) is 5.82 Å². The summed E-state index contributed by atoms with van der Waals surface area (Å²) < 4.78 is 6.73. The van der Waals surface area contributed by atoms with Crippen LogP contribution in [0.1, 0.15) is 16.2 Å². The van der Waals surface area contributed by atoms with Crippen molar-refractivity contribution in [1.29, 1.82) is 0 Å². The summed E-state index contributed by atoms with van der Waals surface area (Å²) in [5.41, 5.74) is 6.69. The number of halogens is 1. The minimum Gasteiger partial charge on any atom is -0.459 e. The lowest BCUT2D eigenvalue weighted by Gasteiger charge is -2.04. The summed E-state index contributed by atoms with van der Waals surface area (Å²) in [7, 11) is 0. The van der Waals surface area contributed by atoms with Crippen LogP contribution in [0, 0.1) is 0 Å². The van der Waals surface area contributed by atoms with E-state index in [1.807, 2.05) is 36.4 Å². The minimum absolute atomic E-state index is 0.0972. The number of carbonyl (C=O) groups is 1. The van der Waals surface area contributed by atoms with Gasteiger partial charge in [-0.05, 0) is 24.3 Å². The number of nitrogens with two attached hydrogens (primary N) is 1. The van der Waals surface area contributed by atoms with Crippen molar-refractivity contribution in [2.24, 2.45) is 0 Å². The molecule has 0 saturated heterocycles. The Hall–Kier alpha value is -2.67. The standard InChI is InChI=1S/C16H13BrN4O2/c17-11-3-1-10(2-4-11)13-6-5-12(23-13)9-21-16(22)14-15(18)20-8-7-19-14/h1-8H,9H2,(H2,18,20)(H,21,22). The van der Waals surface area contributed by atoms with Crippen molar-refractivity contribution < 1.29 is 9.21 Å². The molecule has 0 saturated carbocycles. The number of amides is 1. The van der Waals surface area contributed by atoms with Gasteiger partial charge >= 0.3 is 0 Å². The van der Waals surface area contributed by atoms with E-state index in [1.165, 1.54) is 12.4 Å². The number of nitrogens with zero attached hydrogens (tertiary/aromatic N) is 2. The molecule has 0 unspecified atom stereocenters. The van der Waals surface area contributed by atoms with Crippen molar-refractivity contribution in [1.82, 2.24) is 15.3 Å². The Morgan fingerprint density at radius 2 is 1.87 bits per heavy atom. The number of hydrogen-bond acceptors (Lipinski definition) is 5. The van der Waals surface area contributed by atoms with Gasteiger partial charge in [0.05, 0.1) is 6.54 Å². The van der Waals surface area contributed by atoms with Gasteiger partial charge in [0.25, 0.3) is 5.91 Å². The Labute approximate surface area is 140 Å². The second kappa shape index (κ2) is 6.62. The maximum Gasteiger partial charge on any atom is 0.274 e. The van der Waals surface area contributed by atoms with Crippen molar-refractivity contribution in [2.75, 3.05) is 5.73 Å². The van der Waals surface area contributed by atoms with Crippen LogP contribution in [-0.4, -0.2) is 15.9 Å². The molecule has 3 rings (SSSR count). The predicted molar refractivity (Wildman–Crippen MR) is 89.5 cm³/mol. The summed E-state index contributed by atoms with van der Waals surface area (Å²) in [4.78, 5) is 19.8. The number of nitrogen functional groups attached to an aromatic ring is 1. The molecule has 0 fully saturated rings. The van der Waals surface area contributed by atoms with Gasteiger partial charge in [0.15, 0.2) is 11.5 Å². The maximum atomic E-state index is 12.0. The molecule has 1 amide bonds. The third kappa shape index (κ3) is 3.57. The van der Waals surface area contributed by atoms with E-state index < -0.39 is 5.91 Å². The number of carbonyl (C=O) groups excluding carboxylic acids is 1. The number of aromatic nitrogens is 2. The zero-order valence-electron chi connectivity index (χ0n) is 12.0. The van der Waals surface area contributed by atoms with Gasteiger partial charge in [0, 0.05) is 22.4 Å². The number of nitrogens with one attached hydrogen (secondary N) is 1. The van der Waals surface area contributed by atoms with Crippen LogP contribution in [0.5, 0.6) is 0 Å².